The second-order valence-corrected chi connectivity index (χ2v) is 22.2. The standard InChI is InChI=1S/C28H47NO5Si2/c1-13-23(32-20(2)30)25-24(34-36(11,12)28(6,7)8)22(19-31-35(9,10)27(3,4)5)29-26(33-25)21-17-15-14-16-18-21/h13-18,22-25H,1,19H2,2-12H3/t22-,23+,24+,25-/m1/s1. The molecule has 6 nitrogen and oxygen atoms in total. The van der Waals surface area contributed by atoms with Gasteiger partial charge in [-0.2, -0.15) is 0 Å². The lowest BCUT2D eigenvalue weighted by Gasteiger charge is -2.46. The molecule has 0 fully saturated rings. The van der Waals surface area contributed by atoms with Gasteiger partial charge < -0.3 is 18.3 Å². The number of aliphatic imine (C=N–C) groups is 1. The van der Waals surface area contributed by atoms with E-state index in [9.17, 15) is 4.79 Å². The molecule has 1 aromatic rings. The Kier molecular flexibility index (Phi) is 9.59. The highest BCUT2D eigenvalue weighted by Gasteiger charge is 2.49. The van der Waals surface area contributed by atoms with Crippen LogP contribution in [-0.4, -0.2) is 59.5 Å². The van der Waals surface area contributed by atoms with Gasteiger partial charge in [0, 0.05) is 12.5 Å². The van der Waals surface area contributed by atoms with Crippen molar-refractivity contribution in [2.75, 3.05) is 6.61 Å². The number of carbonyl (C=O) groups excluding carboxylic acids is 1. The lowest BCUT2D eigenvalue weighted by molar-refractivity contribution is -0.152. The number of esters is 1. The summed E-state index contributed by atoms with van der Waals surface area (Å²) in [4.78, 5) is 17.0. The van der Waals surface area contributed by atoms with E-state index in [-0.39, 0.29) is 16.1 Å². The summed E-state index contributed by atoms with van der Waals surface area (Å²) in [5, 5.41) is 0.0254. The summed E-state index contributed by atoms with van der Waals surface area (Å²) in [7, 11) is -4.31. The Bertz CT molecular complexity index is 931. The fraction of sp³-hybridized carbons (Fsp3) is 0.643. The Hall–Kier alpha value is -1.75. The Morgan fingerprint density at radius 1 is 1.06 bits per heavy atom. The van der Waals surface area contributed by atoms with Crippen LogP contribution >= 0.6 is 0 Å². The summed E-state index contributed by atoms with van der Waals surface area (Å²) in [6.07, 6.45) is -0.151. The maximum atomic E-state index is 12.0. The van der Waals surface area contributed by atoms with Crippen molar-refractivity contribution < 1.29 is 23.1 Å². The maximum Gasteiger partial charge on any atom is 0.303 e. The van der Waals surface area contributed by atoms with Gasteiger partial charge >= 0.3 is 5.97 Å². The molecule has 1 heterocycles. The quantitative estimate of drug-likeness (QED) is 0.200. The van der Waals surface area contributed by atoms with Crippen molar-refractivity contribution in [3.05, 3.63) is 48.6 Å². The van der Waals surface area contributed by atoms with Gasteiger partial charge in [0.15, 0.2) is 28.8 Å². The van der Waals surface area contributed by atoms with E-state index in [1.165, 1.54) is 6.92 Å². The Morgan fingerprint density at radius 2 is 1.61 bits per heavy atom. The predicted octanol–water partition coefficient (Wildman–Crippen LogP) is 6.73. The van der Waals surface area contributed by atoms with Crippen LogP contribution in [0.2, 0.25) is 36.3 Å². The number of hydrogen-bond acceptors (Lipinski definition) is 6. The molecule has 0 bridgehead atoms. The fourth-order valence-corrected chi connectivity index (χ4v) is 5.74. The van der Waals surface area contributed by atoms with Crippen molar-refractivity contribution in [1.29, 1.82) is 0 Å². The second-order valence-electron chi connectivity index (χ2n) is 12.7. The molecule has 0 saturated heterocycles. The molecule has 0 spiro atoms. The van der Waals surface area contributed by atoms with Gasteiger partial charge in [-0.3, -0.25) is 4.79 Å². The van der Waals surface area contributed by atoms with Crippen LogP contribution in [0.4, 0.5) is 0 Å². The summed E-state index contributed by atoms with van der Waals surface area (Å²) in [5.41, 5.74) is 0.858. The first kappa shape index (κ1) is 30.5. The molecule has 0 aromatic heterocycles. The molecule has 1 aliphatic heterocycles. The molecule has 0 N–H and O–H groups in total. The van der Waals surface area contributed by atoms with Crippen LogP contribution in [0.1, 0.15) is 54.0 Å². The number of nitrogens with zero attached hydrogens (tertiary/aromatic N) is 1. The van der Waals surface area contributed by atoms with Gasteiger partial charge in [0.2, 0.25) is 5.90 Å². The van der Waals surface area contributed by atoms with Crippen LogP contribution in [0.15, 0.2) is 48.0 Å². The Balaban J connectivity index is 2.60. The largest absolute Gasteiger partial charge is 0.467 e. The highest BCUT2D eigenvalue weighted by molar-refractivity contribution is 6.74. The number of benzene rings is 1. The zero-order valence-electron chi connectivity index (χ0n) is 24.2. The monoisotopic (exact) mass is 533 g/mol. The lowest BCUT2D eigenvalue weighted by Crippen LogP contribution is -2.59. The molecule has 202 valence electrons. The van der Waals surface area contributed by atoms with E-state index in [4.69, 9.17) is 23.3 Å². The third kappa shape index (κ3) is 7.40. The van der Waals surface area contributed by atoms with Crippen LogP contribution < -0.4 is 0 Å². The van der Waals surface area contributed by atoms with Crippen LogP contribution in [0.3, 0.4) is 0 Å². The molecule has 1 aliphatic rings. The predicted molar refractivity (Wildman–Crippen MR) is 153 cm³/mol. The number of hydrogen-bond donors (Lipinski definition) is 0. The minimum atomic E-state index is -2.26. The molecular formula is C28H47NO5Si2. The smallest absolute Gasteiger partial charge is 0.303 e. The van der Waals surface area contributed by atoms with Gasteiger partial charge in [-0.15, -0.1) is 0 Å². The molecule has 0 unspecified atom stereocenters. The van der Waals surface area contributed by atoms with E-state index in [1.807, 2.05) is 30.3 Å². The average Bonchev–Trinajstić information content (AvgIpc) is 2.75. The Labute approximate surface area is 220 Å². The number of rotatable bonds is 9. The van der Waals surface area contributed by atoms with E-state index < -0.39 is 40.9 Å². The van der Waals surface area contributed by atoms with Crippen molar-refractivity contribution in [2.45, 2.75) is 109 Å². The van der Waals surface area contributed by atoms with Crippen molar-refractivity contribution in [1.82, 2.24) is 0 Å². The van der Waals surface area contributed by atoms with E-state index in [2.05, 4.69) is 74.3 Å². The van der Waals surface area contributed by atoms with Crippen molar-refractivity contribution >= 4 is 28.5 Å². The third-order valence-corrected chi connectivity index (χ3v) is 16.7. The normalized spacial score (nSPS) is 22.3. The van der Waals surface area contributed by atoms with Crippen molar-refractivity contribution in [3.63, 3.8) is 0 Å². The summed E-state index contributed by atoms with van der Waals surface area (Å²) in [6.45, 7) is 27.9. The molecule has 8 heteroatoms. The molecule has 0 amide bonds. The van der Waals surface area contributed by atoms with E-state index >= 15 is 0 Å². The molecule has 1 aromatic carbocycles. The van der Waals surface area contributed by atoms with Crippen molar-refractivity contribution in [2.24, 2.45) is 4.99 Å². The van der Waals surface area contributed by atoms with E-state index in [0.717, 1.165) is 5.56 Å². The summed E-state index contributed by atoms with van der Waals surface area (Å²) < 4.78 is 25.8. The number of ether oxygens (including phenoxy) is 2. The average molecular weight is 534 g/mol. The van der Waals surface area contributed by atoms with Crippen LogP contribution in [0, 0.1) is 0 Å². The lowest BCUT2D eigenvalue weighted by atomic mass is 9.99. The van der Waals surface area contributed by atoms with Crippen LogP contribution in [0.25, 0.3) is 0 Å². The molecule has 36 heavy (non-hydrogen) atoms. The summed E-state index contributed by atoms with van der Waals surface area (Å²) in [5.74, 6) is 0.103. The van der Waals surface area contributed by atoms with E-state index in [0.29, 0.717) is 12.5 Å². The Morgan fingerprint density at radius 3 is 2.08 bits per heavy atom. The topological polar surface area (TPSA) is 66.4 Å². The first-order valence-corrected chi connectivity index (χ1v) is 18.6. The molecule has 4 atom stereocenters. The van der Waals surface area contributed by atoms with Gasteiger partial charge in [0.05, 0.1) is 6.61 Å². The summed E-state index contributed by atoms with van der Waals surface area (Å²) in [6, 6.07) is 9.45. The zero-order valence-corrected chi connectivity index (χ0v) is 26.2. The molecule has 0 saturated carbocycles. The maximum absolute atomic E-state index is 12.0. The molecular weight excluding hydrogens is 486 g/mol. The third-order valence-electron chi connectivity index (χ3n) is 7.77. The van der Waals surface area contributed by atoms with Gasteiger partial charge in [-0.1, -0.05) is 66.3 Å². The first-order valence-electron chi connectivity index (χ1n) is 12.8. The minimum absolute atomic E-state index is 0.0308. The minimum Gasteiger partial charge on any atom is -0.467 e. The molecule has 0 radical (unpaired) electrons. The second kappa shape index (κ2) is 11.3. The van der Waals surface area contributed by atoms with Crippen molar-refractivity contribution in [3.8, 4) is 0 Å². The zero-order chi connectivity index (χ0) is 27.5. The van der Waals surface area contributed by atoms with Crippen LogP contribution in [0.5, 0.6) is 0 Å². The highest BCUT2D eigenvalue weighted by Crippen LogP contribution is 2.41. The molecule has 0 aliphatic carbocycles. The fourth-order valence-electron chi connectivity index (χ4n) is 3.39. The van der Waals surface area contributed by atoms with Gasteiger partial charge in [0.25, 0.3) is 0 Å². The van der Waals surface area contributed by atoms with Gasteiger partial charge in [-0.25, -0.2) is 4.99 Å². The SMILES string of the molecule is C=C[C@H](OC(C)=O)[C@H]1OC(c2ccccc2)=N[C@H](CO[Si](C)(C)C(C)(C)C)[C@@H]1O[Si](C)(C)C(C)(C)C. The molecule has 2 rings (SSSR count). The highest BCUT2D eigenvalue weighted by atomic mass is 28.4. The first-order chi connectivity index (χ1) is 16.4. The van der Waals surface area contributed by atoms with Gasteiger partial charge in [0.1, 0.15) is 12.1 Å². The van der Waals surface area contributed by atoms with Crippen LogP contribution in [-0.2, 0) is 23.1 Å². The van der Waals surface area contributed by atoms with Gasteiger partial charge in [-0.05, 0) is 54.5 Å². The number of carbonyl (C=O) groups is 1. The van der Waals surface area contributed by atoms with E-state index in [1.54, 1.807) is 6.08 Å². The summed E-state index contributed by atoms with van der Waals surface area (Å²) >= 11 is 0.